The first-order valence-electron chi connectivity index (χ1n) is 32.3. The number of benzene rings is 12. The predicted octanol–water partition coefficient (Wildman–Crippen LogP) is 24.0. The number of nitrogens with zero attached hydrogens (tertiary/aromatic N) is 4. The summed E-state index contributed by atoms with van der Waals surface area (Å²) in [6.07, 6.45) is 0. The van der Waals surface area contributed by atoms with E-state index >= 15 is 0 Å². The van der Waals surface area contributed by atoms with Gasteiger partial charge in [0.2, 0.25) is 0 Å². The number of hydrogen-bond donors (Lipinski definition) is 0. The molecule has 0 fully saturated rings. The standard InChI is InChI=1S/C87H74N4O4/c1-6-94-83-59-51-79(52-60-83)90(86-21-13-11-9-8-10-12-17-63(86)3)77-43-31-68(32-44-77)66-27-39-73(40-28-66)88(75-47-55-81(92-4)56-48-75)71-35-23-64(24-36-71)65-25-37-72(38-26-65)89(76-49-57-82(93-5)58-50-76)74-41-29-67(30-42-74)69-33-45-78(46-34-69)91(80-53-61-84(62-54-80)95-7-2)87-22-16-19-70-18-14-15-20-85(70)87/h8-62H,6-7H2,1-5H3. The largest absolute Gasteiger partial charge is 0.497 e. The zero-order valence-electron chi connectivity index (χ0n) is 54.1. The minimum Gasteiger partial charge on any atom is -0.497 e. The summed E-state index contributed by atoms with van der Waals surface area (Å²) in [5.74, 6) is 3.29. The van der Waals surface area contributed by atoms with Crippen LogP contribution >= 0.6 is 0 Å². The SMILES string of the molecule is CCOc1ccc(N(c2ccc(-c3ccc(N(c4ccc(OC)cc4)c4ccc(-c5ccc(N(c6ccc(OC)cc6)c6ccc(-c7ccc(N(c8ccc(OCC)cc8)c8cccc9ccccc89)cc7)cc6)cc5)cc4)cc3)cc2)c2ccccccccc2C)cc1. The second kappa shape index (κ2) is 29.1. The van der Waals surface area contributed by atoms with Gasteiger partial charge in [0.1, 0.15) is 23.0 Å². The lowest BCUT2D eigenvalue weighted by Gasteiger charge is -2.27. The molecule has 8 heteroatoms. The molecule has 0 amide bonds. The number of anilines is 12. The van der Waals surface area contributed by atoms with Crippen LogP contribution in [0.1, 0.15) is 19.4 Å². The van der Waals surface area contributed by atoms with Gasteiger partial charge in [0.25, 0.3) is 0 Å². The molecule has 0 aliphatic heterocycles. The monoisotopic (exact) mass is 1240 g/mol. The van der Waals surface area contributed by atoms with Crippen molar-refractivity contribution in [3.05, 3.63) is 339 Å². The van der Waals surface area contributed by atoms with Gasteiger partial charge in [0, 0.05) is 67.9 Å². The summed E-state index contributed by atoms with van der Waals surface area (Å²) < 4.78 is 22.9. The van der Waals surface area contributed by atoms with E-state index in [1.807, 2.05) is 74.5 Å². The van der Waals surface area contributed by atoms with Crippen molar-refractivity contribution in [3.63, 3.8) is 0 Å². The van der Waals surface area contributed by atoms with E-state index in [0.717, 1.165) is 130 Å². The third kappa shape index (κ3) is 13.9. The fourth-order valence-corrected chi connectivity index (χ4v) is 12.2. The topological polar surface area (TPSA) is 49.9 Å². The minimum atomic E-state index is 0.611. The molecule has 13 aromatic carbocycles. The maximum absolute atomic E-state index is 5.83. The van der Waals surface area contributed by atoms with Crippen molar-refractivity contribution in [1.82, 2.24) is 0 Å². The number of rotatable bonds is 21. The molecule has 0 heterocycles. The van der Waals surface area contributed by atoms with E-state index in [2.05, 4.69) is 300 Å². The highest BCUT2D eigenvalue weighted by molar-refractivity contribution is 5.99. The highest BCUT2D eigenvalue weighted by atomic mass is 16.5. The van der Waals surface area contributed by atoms with Crippen molar-refractivity contribution in [1.29, 1.82) is 0 Å². The molecule has 0 saturated heterocycles. The van der Waals surface area contributed by atoms with Crippen molar-refractivity contribution in [2.75, 3.05) is 47.0 Å². The first kappa shape index (κ1) is 61.8. The normalized spacial score (nSPS) is 10.9. The number of aryl methyl sites for hydroxylation is 1. The predicted molar refractivity (Wildman–Crippen MR) is 397 cm³/mol. The van der Waals surface area contributed by atoms with Crippen LogP contribution in [0.3, 0.4) is 0 Å². The molecule has 0 atom stereocenters. The molecule has 0 aromatic heterocycles. The van der Waals surface area contributed by atoms with E-state index in [1.165, 1.54) is 10.8 Å². The Bertz CT molecular complexity index is 4710. The molecule has 0 aliphatic carbocycles. The molecule has 0 bridgehead atoms. The Kier molecular flexibility index (Phi) is 18.9. The molecule has 8 nitrogen and oxygen atoms in total. The molecular weight excluding hydrogens is 1160 g/mol. The van der Waals surface area contributed by atoms with Crippen LogP contribution in [0, 0.1) is 6.92 Å². The molecule has 0 spiro atoms. The number of hydrogen-bond acceptors (Lipinski definition) is 8. The quantitative estimate of drug-likeness (QED) is 0.0705. The van der Waals surface area contributed by atoms with E-state index < -0.39 is 0 Å². The first-order valence-corrected chi connectivity index (χ1v) is 32.3. The molecule has 0 saturated carbocycles. The van der Waals surface area contributed by atoms with Crippen LogP contribution < -0.4 is 38.5 Å². The van der Waals surface area contributed by atoms with Crippen molar-refractivity contribution in [2.24, 2.45) is 0 Å². The van der Waals surface area contributed by atoms with Gasteiger partial charge in [-0.3, -0.25) is 0 Å². The molecule has 0 N–H and O–H groups in total. The smallest absolute Gasteiger partial charge is 0.119 e. The van der Waals surface area contributed by atoms with E-state index in [-0.39, 0.29) is 0 Å². The summed E-state index contributed by atoms with van der Waals surface area (Å²) in [4.78, 5) is 9.20. The Morgan fingerprint density at radius 3 is 0.821 bits per heavy atom. The van der Waals surface area contributed by atoms with Crippen LogP contribution in [0.4, 0.5) is 68.2 Å². The molecule has 0 radical (unpaired) electrons. The Labute approximate surface area is 558 Å². The molecule has 95 heavy (non-hydrogen) atoms. The number of methoxy groups -OCH3 is 2. The summed E-state index contributed by atoms with van der Waals surface area (Å²) in [5.41, 5.74) is 20.3. The van der Waals surface area contributed by atoms with Gasteiger partial charge in [0.05, 0.1) is 33.1 Å². The molecule has 13 aromatic rings. The number of fused-ring (bicyclic) bond motifs is 1. The zero-order chi connectivity index (χ0) is 64.9. The Hall–Kier alpha value is -12.0. The third-order valence-electron chi connectivity index (χ3n) is 17.0. The maximum Gasteiger partial charge on any atom is 0.119 e. The zero-order valence-corrected chi connectivity index (χ0v) is 54.1. The van der Waals surface area contributed by atoms with E-state index in [1.54, 1.807) is 14.2 Å². The lowest BCUT2D eigenvalue weighted by molar-refractivity contribution is 0.340. The van der Waals surface area contributed by atoms with Gasteiger partial charge < -0.3 is 38.5 Å². The van der Waals surface area contributed by atoms with Crippen LogP contribution in [0.25, 0.3) is 44.2 Å². The van der Waals surface area contributed by atoms with Crippen LogP contribution in [0.2, 0.25) is 0 Å². The van der Waals surface area contributed by atoms with Crippen molar-refractivity contribution in [2.45, 2.75) is 20.8 Å². The Morgan fingerprint density at radius 2 is 0.484 bits per heavy atom. The van der Waals surface area contributed by atoms with Gasteiger partial charge in [-0.15, -0.1) is 0 Å². The van der Waals surface area contributed by atoms with Gasteiger partial charge in [-0.1, -0.05) is 152 Å². The summed E-state index contributed by atoms with van der Waals surface area (Å²) in [7, 11) is 3.40. The fraction of sp³-hybridized carbons (Fsp3) is 0.0805. The molecule has 13 rings (SSSR count). The van der Waals surface area contributed by atoms with Crippen molar-refractivity contribution < 1.29 is 18.9 Å². The van der Waals surface area contributed by atoms with Gasteiger partial charge in [-0.05, 0) is 247 Å². The second-order valence-corrected chi connectivity index (χ2v) is 22.9. The van der Waals surface area contributed by atoms with Crippen molar-refractivity contribution in [3.8, 4) is 56.4 Å². The van der Waals surface area contributed by atoms with Gasteiger partial charge in [-0.25, -0.2) is 0 Å². The lowest BCUT2D eigenvalue weighted by Crippen LogP contribution is -2.11. The number of ether oxygens (including phenoxy) is 4. The van der Waals surface area contributed by atoms with Gasteiger partial charge >= 0.3 is 0 Å². The Balaban J connectivity index is 0.756. The van der Waals surface area contributed by atoms with Crippen LogP contribution in [0.5, 0.6) is 23.0 Å². The fourth-order valence-electron chi connectivity index (χ4n) is 12.2. The molecular formula is C87H74N4O4. The molecule has 0 unspecified atom stereocenters. The Morgan fingerprint density at radius 1 is 0.232 bits per heavy atom. The van der Waals surface area contributed by atoms with E-state index in [9.17, 15) is 0 Å². The first-order chi connectivity index (χ1) is 46.8. The van der Waals surface area contributed by atoms with Crippen LogP contribution in [-0.2, 0) is 0 Å². The average molecular weight is 1240 g/mol. The summed E-state index contributed by atoms with van der Waals surface area (Å²) in [6, 6.07) is 118. The third-order valence-corrected chi connectivity index (χ3v) is 17.0. The minimum absolute atomic E-state index is 0.611. The average Bonchev–Trinajstić information content (AvgIpc) is 0.818. The lowest BCUT2D eigenvalue weighted by atomic mass is 10.0. The second-order valence-electron chi connectivity index (χ2n) is 22.9. The van der Waals surface area contributed by atoms with Crippen molar-refractivity contribution >= 4 is 79.0 Å². The highest BCUT2D eigenvalue weighted by Gasteiger charge is 2.20. The van der Waals surface area contributed by atoms with E-state index in [4.69, 9.17) is 18.9 Å². The highest BCUT2D eigenvalue weighted by Crippen LogP contribution is 2.44. The summed E-state index contributed by atoms with van der Waals surface area (Å²) in [5, 5.41) is 2.37. The maximum atomic E-state index is 5.83. The summed E-state index contributed by atoms with van der Waals surface area (Å²) >= 11 is 0. The molecule has 466 valence electrons. The van der Waals surface area contributed by atoms with Gasteiger partial charge in [0.15, 0.2) is 0 Å². The van der Waals surface area contributed by atoms with Crippen LogP contribution in [-0.4, -0.2) is 27.4 Å². The summed E-state index contributed by atoms with van der Waals surface area (Å²) in [6.45, 7) is 7.40. The molecule has 0 aliphatic rings. The van der Waals surface area contributed by atoms with Crippen LogP contribution in [0.15, 0.2) is 334 Å². The van der Waals surface area contributed by atoms with E-state index in [0.29, 0.717) is 13.2 Å². The van der Waals surface area contributed by atoms with Gasteiger partial charge in [-0.2, -0.15) is 0 Å².